The Morgan fingerprint density at radius 1 is 1.21 bits per heavy atom. The van der Waals surface area contributed by atoms with Crippen LogP contribution in [0.5, 0.6) is 0 Å². The number of oxazole rings is 1. The van der Waals surface area contributed by atoms with Gasteiger partial charge >= 0.3 is 0 Å². The second-order valence-corrected chi connectivity index (χ2v) is 4.74. The molecule has 0 saturated heterocycles. The average molecular weight is 273 g/mol. The maximum Gasteiger partial charge on any atom is 0.228 e. The van der Waals surface area contributed by atoms with E-state index in [1.54, 1.807) is 0 Å². The zero-order valence-electron chi connectivity index (χ0n) is 10.5. The van der Waals surface area contributed by atoms with Gasteiger partial charge in [-0.05, 0) is 36.9 Å². The fourth-order valence-electron chi connectivity index (χ4n) is 2.04. The van der Waals surface area contributed by atoms with Crippen LogP contribution in [0, 0.1) is 0 Å². The normalized spacial score (nSPS) is 11.1. The van der Waals surface area contributed by atoms with E-state index >= 15 is 0 Å². The molecule has 0 unspecified atom stereocenters. The van der Waals surface area contributed by atoms with Crippen molar-refractivity contribution in [3.8, 4) is 11.5 Å². The molecule has 0 atom stereocenters. The third-order valence-electron chi connectivity index (χ3n) is 2.94. The highest BCUT2D eigenvalue weighted by molar-refractivity contribution is 6.33. The van der Waals surface area contributed by atoms with Crippen LogP contribution in [0.1, 0.15) is 5.56 Å². The number of benzene rings is 2. The molecule has 0 spiro atoms. The standard InChI is InChI=1S/C15H13ClN2O/c1-17-9-10-6-7-14-13(8-10)18-15(19-14)11-4-2-3-5-12(11)16/h2-8,17H,9H2,1H3. The van der Waals surface area contributed by atoms with Crippen LogP contribution in [-0.4, -0.2) is 12.0 Å². The highest BCUT2D eigenvalue weighted by Crippen LogP contribution is 2.29. The Morgan fingerprint density at radius 2 is 2.05 bits per heavy atom. The summed E-state index contributed by atoms with van der Waals surface area (Å²) in [5, 5.41) is 3.76. The van der Waals surface area contributed by atoms with Crippen LogP contribution in [0.2, 0.25) is 5.02 Å². The van der Waals surface area contributed by atoms with E-state index in [2.05, 4.69) is 10.3 Å². The summed E-state index contributed by atoms with van der Waals surface area (Å²) in [7, 11) is 1.92. The van der Waals surface area contributed by atoms with E-state index in [0.29, 0.717) is 10.9 Å². The Hall–Kier alpha value is -1.84. The van der Waals surface area contributed by atoms with Gasteiger partial charge in [0.1, 0.15) is 5.52 Å². The number of rotatable bonds is 3. The smallest absolute Gasteiger partial charge is 0.228 e. The van der Waals surface area contributed by atoms with Gasteiger partial charge in [-0.25, -0.2) is 4.98 Å². The molecule has 1 heterocycles. The summed E-state index contributed by atoms with van der Waals surface area (Å²) in [6.07, 6.45) is 0. The molecule has 0 aliphatic rings. The van der Waals surface area contributed by atoms with E-state index in [4.69, 9.17) is 16.0 Å². The molecular formula is C15H13ClN2O. The lowest BCUT2D eigenvalue weighted by Crippen LogP contribution is -2.04. The van der Waals surface area contributed by atoms with Crippen LogP contribution in [0.4, 0.5) is 0 Å². The van der Waals surface area contributed by atoms with Crippen molar-refractivity contribution in [1.82, 2.24) is 10.3 Å². The Morgan fingerprint density at radius 3 is 2.84 bits per heavy atom. The quantitative estimate of drug-likeness (QED) is 0.787. The lowest BCUT2D eigenvalue weighted by molar-refractivity contribution is 0.620. The second-order valence-electron chi connectivity index (χ2n) is 4.33. The molecule has 4 heteroatoms. The minimum atomic E-state index is 0.558. The average Bonchev–Trinajstić information content (AvgIpc) is 2.82. The van der Waals surface area contributed by atoms with E-state index < -0.39 is 0 Å². The summed E-state index contributed by atoms with van der Waals surface area (Å²) in [5.74, 6) is 0.558. The van der Waals surface area contributed by atoms with Crippen molar-refractivity contribution in [3.05, 3.63) is 53.1 Å². The molecule has 0 saturated carbocycles. The Bertz CT molecular complexity index is 721. The van der Waals surface area contributed by atoms with E-state index in [1.807, 2.05) is 49.5 Å². The van der Waals surface area contributed by atoms with Crippen molar-refractivity contribution in [2.45, 2.75) is 6.54 Å². The lowest BCUT2D eigenvalue weighted by atomic mass is 10.2. The Kier molecular flexibility index (Phi) is 3.23. The van der Waals surface area contributed by atoms with Gasteiger partial charge in [0.25, 0.3) is 0 Å². The molecule has 3 aromatic rings. The van der Waals surface area contributed by atoms with Crippen molar-refractivity contribution in [2.75, 3.05) is 7.05 Å². The molecular weight excluding hydrogens is 260 g/mol. The first-order valence-corrected chi connectivity index (χ1v) is 6.44. The van der Waals surface area contributed by atoms with Crippen LogP contribution in [-0.2, 0) is 6.54 Å². The number of hydrogen-bond donors (Lipinski definition) is 1. The second kappa shape index (κ2) is 5.03. The SMILES string of the molecule is CNCc1ccc2oc(-c3ccccc3Cl)nc2c1. The molecule has 3 rings (SSSR count). The number of nitrogens with zero attached hydrogens (tertiary/aromatic N) is 1. The van der Waals surface area contributed by atoms with Gasteiger partial charge in [-0.1, -0.05) is 29.8 Å². The third-order valence-corrected chi connectivity index (χ3v) is 3.27. The van der Waals surface area contributed by atoms with Gasteiger partial charge in [-0.15, -0.1) is 0 Å². The molecule has 0 aliphatic carbocycles. The van der Waals surface area contributed by atoms with Crippen LogP contribution >= 0.6 is 11.6 Å². The van der Waals surface area contributed by atoms with Gasteiger partial charge in [0, 0.05) is 6.54 Å². The predicted molar refractivity (Wildman–Crippen MR) is 77.2 cm³/mol. The monoisotopic (exact) mass is 272 g/mol. The van der Waals surface area contributed by atoms with Crippen LogP contribution in [0.25, 0.3) is 22.6 Å². The van der Waals surface area contributed by atoms with Crippen LogP contribution < -0.4 is 5.32 Å². The zero-order valence-corrected chi connectivity index (χ0v) is 11.2. The van der Waals surface area contributed by atoms with Crippen molar-refractivity contribution in [2.24, 2.45) is 0 Å². The zero-order chi connectivity index (χ0) is 13.2. The molecule has 0 radical (unpaired) electrons. The molecule has 96 valence electrons. The van der Waals surface area contributed by atoms with E-state index in [1.165, 1.54) is 5.56 Å². The van der Waals surface area contributed by atoms with Gasteiger partial charge in [0.05, 0.1) is 10.6 Å². The molecule has 1 N–H and O–H groups in total. The van der Waals surface area contributed by atoms with Crippen molar-refractivity contribution in [3.63, 3.8) is 0 Å². The fraction of sp³-hybridized carbons (Fsp3) is 0.133. The van der Waals surface area contributed by atoms with Crippen LogP contribution in [0.3, 0.4) is 0 Å². The van der Waals surface area contributed by atoms with Gasteiger partial charge in [0.15, 0.2) is 5.58 Å². The largest absolute Gasteiger partial charge is 0.436 e. The maximum absolute atomic E-state index is 6.16. The van der Waals surface area contributed by atoms with Crippen molar-refractivity contribution >= 4 is 22.7 Å². The first-order chi connectivity index (χ1) is 9.28. The molecule has 0 fully saturated rings. The lowest BCUT2D eigenvalue weighted by Gasteiger charge is -1.97. The summed E-state index contributed by atoms with van der Waals surface area (Å²) in [4.78, 5) is 4.51. The van der Waals surface area contributed by atoms with Gasteiger partial charge < -0.3 is 9.73 Å². The molecule has 1 aromatic heterocycles. The molecule has 0 aliphatic heterocycles. The summed E-state index contributed by atoms with van der Waals surface area (Å²) in [6.45, 7) is 0.810. The molecule has 0 bridgehead atoms. The predicted octanol–water partition coefficient (Wildman–Crippen LogP) is 3.87. The Labute approximate surface area is 116 Å². The topological polar surface area (TPSA) is 38.1 Å². The molecule has 3 nitrogen and oxygen atoms in total. The highest BCUT2D eigenvalue weighted by Gasteiger charge is 2.11. The minimum Gasteiger partial charge on any atom is -0.436 e. The van der Waals surface area contributed by atoms with Crippen LogP contribution in [0.15, 0.2) is 46.9 Å². The first-order valence-electron chi connectivity index (χ1n) is 6.07. The van der Waals surface area contributed by atoms with Gasteiger partial charge in [-0.2, -0.15) is 0 Å². The summed E-state index contributed by atoms with van der Waals surface area (Å²) in [5.41, 5.74) is 3.61. The highest BCUT2D eigenvalue weighted by atomic mass is 35.5. The Balaban J connectivity index is 2.09. The summed E-state index contributed by atoms with van der Waals surface area (Å²) >= 11 is 6.16. The first kappa shape index (κ1) is 12.2. The molecule has 0 amide bonds. The number of aromatic nitrogens is 1. The fourth-order valence-corrected chi connectivity index (χ4v) is 2.25. The summed E-state index contributed by atoms with van der Waals surface area (Å²) in [6, 6.07) is 13.5. The van der Waals surface area contributed by atoms with E-state index in [9.17, 15) is 0 Å². The number of nitrogens with one attached hydrogen (secondary N) is 1. The van der Waals surface area contributed by atoms with Gasteiger partial charge in [0.2, 0.25) is 5.89 Å². The minimum absolute atomic E-state index is 0.558. The third kappa shape index (κ3) is 2.35. The number of fused-ring (bicyclic) bond motifs is 1. The van der Waals surface area contributed by atoms with E-state index in [-0.39, 0.29) is 0 Å². The van der Waals surface area contributed by atoms with Crippen molar-refractivity contribution < 1.29 is 4.42 Å². The molecule has 19 heavy (non-hydrogen) atoms. The number of hydrogen-bond acceptors (Lipinski definition) is 3. The maximum atomic E-state index is 6.16. The van der Waals surface area contributed by atoms with Gasteiger partial charge in [-0.3, -0.25) is 0 Å². The van der Waals surface area contributed by atoms with Crippen molar-refractivity contribution in [1.29, 1.82) is 0 Å². The van der Waals surface area contributed by atoms with E-state index in [0.717, 1.165) is 23.2 Å². The summed E-state index contributed by atoms with van der Waals surface area (Å²) < 4.78 is 5.75. The molecule has 2 aromatic carbocycles. The number of halogens is 1.